The molecule has 0 aromatic heterocycles. The van der Waals surface area contributed by atoms with E-state index in [1.807, 2.05) is 0 Å². The highest BCUT2D eigenvalue weighted by Gasteiger charge is 2.47. The van der Waals surface area contributed by atoms with Gasteiger partial charge in [-0.3, -0.25) is 19.2 Å². The van der Waals surface area contributed by atoms with Crippen LogP contribution in [0.15, 0.2) is 54.6 Å². The van der Waals surface area contributed by atoms with E-state index in [1.54, 1.807) is 17.6 Å². The van der Waals surface area contributed by atoms with Crippen LogP contribution in [0.25, 0.3) is 0 Å². The fourth-order valence-electron chi connectivity index (χ4n) is 5.16. The average molecular weight is 681 g/mol. The Morgan fingerprint density at radius 2 is 1.31 bits per heavy atom. The number of benzene rings is 3. The quantitative estimate of drug-likeness (QED) is 0.184. The number of carbonyl (C=O) groups is 5. The summed E-state index contributed by atoms with van der Waals surface area (Å²) in [5, 5.41) is 13.8. The number of ether oxygens (including phenoxy) is 2. The van der Waals surface area contributed by atoms with E-state index in [2.05, 4.69) is 0 Å². The van der Waals surface area contributed by atoms with Crippen molar-refractivity contribution >= 4 is 41.0 Å². The first-order valence-electron chi connectivity index (χ1n) is 13.6. The van der Waals surface area contributed by atoms with E-state index in [1.165, 1.54) is 30.3 Å². The van der Waals surface area contributed by atoms with Gasteiger partial charge >= 0.3 is 30.1 Å². The summed E-state index contributed by atoms with van der Waals surface area (Å²) in [5.41, 5.74) is -2.72. The minimum absolute atomic E-state index is 0.0142. The second kappa shape index (κ2) is 12.3. The van der Waals surface area contributed by atoms with Crippen molar-refractivity contribution in [2.75, 3.05) is 17.4 Å². The van der Waals surface area contributed by atoms with Crippen LogP contribution in [-0.4, -0.2) is 58.9 Å². The molecule has 0 aliphatic carbocycles. The molecule has 3 aromatic rings. The number of nitrogens with one attached hydrogen (secondary N) is 2. The molecule has 0 unspecified atom stereocenters. The van der Waals surface area contributed by atoms with Gasteiger partial charge in [-0.25, -0.2) is 4.79 Å². The monoisotopic (exact) mass is 681 g/mol. The number of rotatable bonds is 7. The van der Waals surface area contributed by atoms with Gasteiger partial charge < -0.3 is 30.1 Å². The van der Waals surface area contributed by atoms with Crippen LogP contribution in [0.3, 0.4) is 0 Å². The number of alkyl halides is 6. The lowest BCUT2D eigenvalue weighted by atomic mass is 9.75. The molecular formula is C30H21F6N3O9. The molecule has 0 radical (unpaired) electrons. The van der Waals surface area contributed by atoms with Crippen molar-refractivity contribution in [1.82, 2.24) is 5.06 Å². The van der Waals surface area contributed by atoms with E-state index in [0.717, 1.165) is 24.3 Å². The van der Waals surface area contributed by atoms with Crippen molar-refractivity contribution in [1.29, 1.82) is 0 Å². The van der Waals surface area contributed by atoms with Gasteiger partial charge in [0.15, 0.2) is 5.60 Å². The molecule has 5 rings (SSSR count). The van der Waals surface area contributed by atoms with Crippen LogP contribution in [0.5, 0.6) is 11.5 Å². The fourth-order valence-corrected chi connectivity index (χ4v) is 5.16. The number of hydrogen-bond acceptors (Lipinski definition) is 9. The summed E-state index contributed by atoms with van der Waals surface area (Å²) in [7, 11) is 0. The molecule has 252 valence electrons. The molecular weight excluding hydrogens is 660 g/mol. The third-order valence-corrected chi connectivity index (χ3v) is 7.29. The van der Waals surface area contributed by atoms with Gasteiger partial charge in [0, 0.05) is 47.5 Å². The maximum atomic E-state index is 13.1. The Bertz CT molecular complexity index is 1760. The van der Waals surface area contributed by atoms with Gasteiger partial charge in [0.25, 0.3) is 11.8 Å². The first-order valence-corrected chi connectivity index (χ1v) is 13.6. The Hall–Kier alpha value is -5.49. The van der Waals surface area contributed by atoms with E-state index in [0.29, 0.717) is 10.6 Å². The lowest BCUT2D eigenvalue weighted by Gasteiger charge is -2.41. The van der Waals surface area contributed by atoms with E-state index in [-0.39, 0.29) is 46.6 Å². The molecule has 18 heteroatoms. The smallest absolute Gasteiger partial charge is 0.456 e. The Kier molecular flexibility index (Phi) is 8.66. The Morgan fingerprint density at radius 1 is 0.812 bits per heavy atom. The number of aryl methyl sites for hydroxylation is 1. The van der Waals surface area contributed by atoms with E-state index in [4.69, 9.17) is 14.3 Å². The maximum absolute atomic E-state index is 13.1. The van der Waals surface area contributed by atoms with E-state index in [9.17, 15) is 55.4 Å². The van der Waals surface area contributed by atoms with Crippen LogP contribution < -0.4 is 15.4 Å². The topological polar surface area (TPSA) is 161 Å². The summed E-state index contributed by atoms with van der Waals surface area (Å²) in [6.07, 6.45) is -10.9. The third kappa shape index (κ3) is 6.26. The number of imide groups is 1. The molecule has 2 aliphatic rings. The third-order valence-electron chi connectivity index (χ3n) is 7.29. The summed E-state index contributed by atoms with van der Waals surface area (Å²) in [5.74, 6) is -7.94. The molecule has 1 fully saturated rings. The number of hydrogen-bond donors (Lipinski definition) is 3. The van der Waals surface area contributed by atoms with Crippen LogP contribution in [0.2, 0.25) is 0 Å². The number of anilines is 2. The van der Waals surface area contributed by atoms with Gasteiger partial charge in [-0.1, -0.05) is 6.07 Å². The van der Waals surface area contributed by atoms with Crippen molar-refractivity contribution in [3.05, 3.63) is 82.4 Å². The minimum Gasteiger partial charge on any atom is -0.456 e. The molecule has 0 spiro atoms. The number of aliphatic hydroxyl groups is 1. The van der Waals surface area contributed by atoms with Gasteiger partial charge in [-0.2, -0.15) is 26.3 Å². The summed E-state index contributed by atoms with van der Waals surface area (Å²) in [6, 6.07) is 10.3. The highest BCUT2D eigenvalue weighted by molar-refractivity contribution is 6.03. The Balaban J connectivity index is 1.69. The van der Waals surface area contributed by atoms with E-state index >= 15 is 0 Å². The molecule has 48 heavy (non-hydrogen) atoms. The van der Waals surface area contributed by atoms with Crippen molar-refractivity contribution in [3.8, 4) is 11.5 Å². The maximum Gasteiger partial charge on any atom is 0.471 e. The summed E-state index contributed by atoms with van der Waals surface area (Å²) in [4.78, 5) is 65.4. The highest BCUT2D eigenvalue weighted by Crippen LogP contribution is 2.54. The van der Waals surface area contributed by atoms with Crippen LogP contribution in [0.1, 0.15) is 45.5 Å². The summed E-state index contributed by atoms with van der Waals surface area (Å²) in [6.45, 7) is 0.494. The predicted octanol–water partition coefficient (Wildman–Crippen LogP) is 4.58. The standard InChI is InChI=1S/C30H21F6N3O9/c1-14-2-3-15(25(43)48-39-23(41)8-9-24(39)42)10-20(14)28(46-13-40)18-6-4-16(37-26(44)29(31,32)33)11-21(18)47-22-12-17(5-7-19(22)28)38-27(45)30(34,35)36/h2-7,10-12,40H,8-9,13H2,1H3,(H,37,44)(H,38,45). The molecule has 0 atom stereocenters. The first kappa shape index (κ1) is 33.9. The lowest BCUT2D eigenvalue weighted by molar-refractivity contribution is -0.172. The zero-order valence-electron chi connectivity index (χ0n) is 24.2. The van der Waals surface area contributed by atoms with Crippen molar-refractivity contribution < 1.29 is 69.7 Å². The number of aliphatic hydroxyl groups excluding tert-OH is 1. The molecule has 0 saturated carbocycles. The minimum atomic E-state index is -5.27. The van der Waals surface area contributed by atoms with Crippen molar-refractivity contribution in [2.24, 2.45) is 0 Å². The number of carbonyl (C=O) groups excluding carboxylic acids is 5. The van der Waals surface area contributed by atoms with Crippen molar-refractivity contribution in [3.63, 3.8) is 0 Å². The van der Waals surface area contributed by atoms with Crippen LogP contribution in [-0.2, 0) is 34.4 Å². The molecule has 3 N–H and O–H groups in total. The molecule has 12 nitrogen and oxygen atoms in total. The highest BCUT2D eigenvalue weighted by atomic mass is 19.4. The van der Waals surface area contributed by atoms with Gasteiger partial charge in [0.1, 0.15) is 18.3 Å². The molecule has 1 saturated heterocycles. The number of amides is 4. The first-order chi connectivity index (χ1) is 22.4. The van der Waals surface area contributed by atoms with Crippen LogP contribution in [0.4, 0.5) is 37.7 Å². The van der Waals surface area contributed by atoms with Gasteiger partial charge in [-0.05, 0) is 54.4 Å². The van der Waals surface area contributed by atoms with Crippen LogP contribution >= 0.6 is 0 Å². The predicted molar refractivity (Wildman–Crippen MR) is 148 cm³/mol. The summed E-state index contributed by atoms with van der Waals surface area (Å²) < 4.78 is 89.7. The number of hydroxylamine groups is 2. The van der Waals surface area contributed by atoms with Gasteiger partial charge in [0.2, 0.25) is 0 Å². The fraction of sp³-hybridized carbons (Fsp3) is 0.233. The largest absolute Gasteiger partial charge is 0.471 e. The van der Waals surface area contributed by atoms with Crippen molar-refractivity contribution in [2.45, 2.75) is 37.7 Å². The molecule has 2 aliphatic heterocycles. The second-order valence-corrected chi connectivity index (χ2v) is 10.4. The number of fused-ring (bicyclic) bond motifs is 2. The Labute approximate surface area is 265 Å². The number of nitrogens with zero attached hydrogens (tertiary/aromatic N) is 1. The molecule has 3 aromatic carbocycles. The van der Waals surface area contributed by atoms with Gasteiger partial charge in [-0.15, -0.1) is 5.06 Å². The van der Waals surface area contributed by atoms with Gasteiger partial charge in [0.05, 0.1) is 5.56 Å². The van der Waals surface area contributed by atoms with E-state index < -0.39 is 65.7 Å². The second-order valence-electron chi connectivity index (χ2n) is 10.4. The molecule has 2 heterocycles. The summed E-state index contributed by atoms with van der Waals surface area (Å²) >= 11 is 0. The zero-order valence-corrected chi connectivity index (χ0v) is 24.2. The zero-order chi connectivity index (χ0) is 35.2. The van der Waals surface area contributed by atoms with Crippen LogP contribution in [0, 0.1) is 6.92 Å². The Morgan fingerprint density at radius 3 is 1.77 bits per heavy atom. The molecule has 4 amide bonds. The normalized spacial score (nSPS) is 15.3. The number of halogens is 6. The SMILES string of the molecule is Cc1ccc(C(=O)ON2C(=O)CCC2=O)cc1C1(OCO)c2ccc(NC(=O)C(F)(F)F)cc2Oc2cc(NC(=O)C(F)(F)F)ccc21. The average Bonchev–Trinajstić information content (AvgIpc) is 3.32. The lowest BCUT2D eigenvalue weighted by Crippen LogP contribution is -2.38. The molecule has 0 bridgehead atoms.